The van der Waals surface area contributed by atoms with Crippen molar-refractivity contribution in [3.05, 3.63) is 65.5 Å². The number of halogens is 1. The molecule has 0 atom stereocenters. The molecule has 2 aromatic rings. The maximum absolute atomic E-state index is 13.8. The number of carboxylic acid groups (broad SMARTS) is 1. The summed E-state index contributed by atoms with van der Waals surface area (Å²) in [5.41, 5.74) is 1.81. The molecule has 0 radical (unpaired) electrons. The molecule has 23 heavy (non-hydrogen) atoms. The minimum absolute atomic E-state index is 0.197. The van der Waals surface area contributed by atoms with Crippen LogP contribution in [0.15, 0.2) is 48.5 Å². The summed E-state index contributed by atoms with van der Waals surface area (Å²) in [6.45, 7) is 3.63. The van der Waals surface area contributed by atoms with Crippen LogP contribution in [0.4, 0.5) is 10.1 Å². The average molecular weight is 314 g/mol. The van der Waals surface area contributed by atoms with Crippen LogP contribution < -0.4 is 4.90 Å². The number of nitrogens with zero attached hydrogens (tertiary/aromatic N) is 2. The fraction of sp³-hybridized carbons (Fsp3) is 0.278. The molecule has 1 saturated heterocycles. The van der Waals surface area contributed by atoms with Crippen LogP contribution in [-0.4, -0.2) is 42.2 Å². The average Bonchev–Trinajstić information content (AvgIpc) is 2.56. The molecule has 5 heteroatoms. The SMILES string of the molecule is O=C(O)c1ccccc1CN1CCN(c2ccccc2F)CC1. The monoisotopic (exact) mass is 314 g/mol. The summed E-state index contributed by atoms with van der Waals surface area (Å²) in [4.78, 5) is 15.5. The molecule has 0 spiro atoms. The zero-order chi connectivity index (χ0) is 16.2. The molecule has 1 aliphatic heterocycles. The maximum Gasteiger partial charge on any atom is 0.336 e. The van der Waals surface area contributed by atoms with Crippen LogP contribution in [0.1, 0.15) is 15.9 Å². The van der Waals surface area contributed by atoms with Gasteiger partial charge in [0.15, 0.2) is 0 Å². The van der Waals surface area contributed by atoms with Gasteiger partial charge >= 0.3 is 5.97 Å². The third kappa shape index (κ3) is 3.51. The molecular formula is C18H19FN2O2. The second-order valence-corrected chi connectivity index (χ2v) is 5.68. The van der Waals surface area contributed by atoms with Gasteiger partial charge in [0.05, 0.1) is 11.3 Å². The van der Waals surface area contributed by atoms with Crippen LogP contribution in [-0.2, 0) is 6.54 Å². The summed E-state index contributed by atoms with van der Waals surface area (Å²) in [7, 11) is 0. The number of rotatable bonds is 4. The van der Waals surface area contributed by atoms with Gasteiger partial charge in [-0.05, 0) is 23.8 Å². The minimum atomic E-state index is -0.898. The summed E-state index contributed by atoms with van der Waals surface area (Å²) in [6.07, 6.45) is 0. The molecule has 0 saturated carbocycles. The summed E-state index contributed by atoms with van der Waals surface area (Å²) < 4.78 is 13.8. The molecule has 1 fully saturated rings. The molecule has 0 aliphatic carbocycles. The van der Waals surface area contributed by atoms with Crippen molar-refractivity contribution in [2.75, 3.05) is 31.1 Å². The first-order valence-electron chi connectivity index (χ1n) is 7.68. The fourth-order valence-corrected chi connectivity index (χ4v) is 2.96. The van der Waals surface area contributed by atoms with Gasteiger partial charge < -0.3 is 10.0 Å². The third-order valence-electron chi connectivity index (χ3n) is 4.21. The van der Waals surface area contributed by atoms with E-state index in [1.54, 1.807) is 24.3 Å². The highest BCUT2D eigenvalue weighted by molar-refractivity contribution is 5.89. The number of hydrogen-bond acceptors (Lipinski definition) is 3. The van der Waals surface area contributed by atoms with Gasteiger partial charge in [0, 0.05) is 32.7 Å². The Morgan fingerprint density at radius 2 is 1.65 bits per heavy atom. The van der Waals surface area contributed by atoms with Crippen LogP contribution >= 0.6 is 0 Å². The van der Waals surface area contributed by atoms with Crippen molar-refractivity contribution < 1.29 is 14.3 Å². The predicted molar refractivity (Wildman–Crippen MR) is 87.3 cm³/mol. The van der Waals surface area contributed by atoms with E-state index in [0.717, 1.165) is 31.7 Å². The number of carbonyl (C=O) groups is 1. The molecule has 0 bridgehead atoms. The van der Waals surface area contributed by atoms with E-state index in [1.807, 2.05) is 23.1 Å². The summed E-state index contributed by atoms with van der Waals surface area (Å²) in [5, 5.41) is 9.25. The van der Waals surface area contributed by atoms with Crippen molar-refractivity contribution in [3.63, 3.8) is 0 Å². The van der Waals surface area contributed by atoms with Crippen molar-refractivity contribution in [2.45, 2.75) is 6.54 Å². The van der Waals surface area contributed by atoms with Crippen molar-refractivity contribution in [1.82, 2.24) is 4.90 Å². The largest absolute Gasteiger partial charge is 0.478 e. The lowest BCUT2D eigenvalue weighted by Crippen LogP contribution is -2.46. The van der Waals surface area contributed by atoms with E-state index in [0.29, 0.717) is 17.8 Å². The van der Waals surface area contributed by atoms with E-state index in [9.17, 15) is 14.3 Å². The van der Waals surface area contributed by atoms with Crippen molar-refractivity contribution >= 4 is 11.7 Å². The minimum Gasteiger partial charge on any atom is -0.478 e. The molecule has 1 aliphatic rings. The molecule has 4 nitrogen and oxygen atoms in total. The van der Waals surface area contributed by atoms with Gasteiger partial charge in [0.25, 0.3) is 0 Å². The Kier molecular flexibility index (Phi) is 4.57. The number of carboxylic acids is 1. The number of benzene rings is 2. The zero-order valence-corrected chi connectivity index (χ0v) is 12.8. The molecule has 1 heterocycles. The second-order valence-electron chi connectivity index (χ2n) is 5.68. The number of para-hydroxylation sites is 1. The Hall–Kier alpha value is -2.40. The molecular weight excluding hydrogens is 295 g/mol. The van der Waals surface area contributed by atoms with Gasteiger partial charge in [-0.2, -0.15) is 0 Å². The summed E-state index contributed by atoms with van der Waals surface area (Å²) >= 11 is 0. The second kappa shape index (κ2) is 6.79. The third-order valence-corrected chi connectivity index (χ3v) is 4.21. The standard InChI is InChI=1S/C18H19FN2O2/c19-16-7-3-4-8-17(16)21-11-9-20(10-12-21)13-14-5-1-2-6-15(14)18(22)23/h1-8H,9-13H2,(H,22,23). The van der Waals surface area contributed by atoms with Gasteiger partial charge in [-0.25, -0.2) is 9.18 Å². The first kappa shape index (κ1) is 15.5. The van der Waals surface area contributed by atoms with Crippen molar-refractivity contribution in [1.29, 1.82) is 0 Å². The molecule has 1 N–H and O–H groups in total. The van der Waals surface area contributed by atoms with Gasteiger partial charge in [-0.15, -0.1) is 0 Å². The first-order valence-corrected chi connectivity index (χ1v) is 7.68. The zero-order valence-electron chi connectivity index (χ0n) is 12.8. The smallest absolute Gasteiger partial charge is 0.336 e. The Balaban J connectivity index is 1.64. The molecule has 0 amide bonds. The molecule has 2 aromatic carbocycles. The molecule has 120 valence electrons. The van der Waals surface area contributed by atoms with E-state index in [-0.39, 0.29) is 5.82 Å². The van der Waals surface area contributed by atoms with E-state index in [1.165, 1.54) is 6.07 Å². The van der Waals surface area contributed by atoms with E-state index >= 15 is 0 Å². The topological polar surface area (TPSA) is 43.8 Å². The maximum atomic E-state index is 13.8. The van der Waals surface area contributed by atoms with Crippen molar-refractivity contribution in [3.8, 4) is 0 Å². The number of piperazine rings is 1. The number of anilines is 1. The Labute approximate surface area is 134 Å². The van der Waals surface area contributed by atoms with E-state index < -0.39 is 5.97 Å². The lowest BCUT2D eigenvalue weighted by atomic mass is 10.1. The molecule has 0 aromatic heterocycles. The number of hydrogen-bond donors (Lipinski definition) is 1. The lowest BCUT2D eigenvalue weighted by Gasteiger charge is -2.36. The van der Waals surface area contributed by atoms with Crippen LogP contribution in [0.3, 0.4) is 0 Å². The van der Waals surface area contributed by atoms with Gasteiger partial charge in [0.1, 0.15) is 5.82 Å². The highest BCUT2D eigenvalue weighted by Gasteiger charge is 2.20. The van der Waals surface area contributed by atoms with Gasteiger partial charge in [-0.1, -0.05) is 30.3 Å². The van der Waals surface area contributed by atoms with Crippen LogP contribution in [0, 0.1) is 5.82 Å². The van der Waals surface area contributed by atoms with Crippen LogP contribution in [0.2, 0.25) is 0 Å². The Bertz CT molecular complexity index is 697. The highest BCUT2D eigenvalue weighted by atomic mass is 19.1. The van der Waals surface area contributed by atoms with Gasteiger partial charge in [0.2, 0.25) is 0 Å². The summed E-state index contributed by atoms with van der Waals surface area (Å²) in [5.74, 6) is -1.09. The quantitative estimate of drug-likeness (QED) is 0.942. The molecule has 0 unspecified atom stereocenters. The van der Waals surface area contributed by atoms with Crippen LogP contribution in [0.5, 0.6) is 0 Å². The van der Waals surface area contributed by atoms with Gasteiger partial charge in [-0.3, -0.25) is 4.90 Å². The Morgan fingerprint density at radius 3 is 2.35 bits per heavy atom. The van der Waals surface area contributed by atoms with Crippen LogP contribution in [0.25, 0.3) is 0 Å². The lowest BCUT2D eigenvalue weighted by molar-refractivity contribution is 0.0694. The van der Waals surface area contributed by atoms with Crippen molar-refractivity contribution in [2.24, 2.45) is 0 Å². The molecule has 3 rings (SSSR count). The normalized spacial score (nSPS) is 15.6. The van der Waals surface area contributed by atoms with E-state index in [2.05, 4.69) is 4.90 Å². The first-order chi connectivity index (χ1) is 11.1. The fourth-order valence-electron chi connectivity index (χ4n) is 2.96. The number of aromatic carboxylic acids is 1. The Morgan fingerprint density at radius 1 is 1.00 bits per heavy atom. The highest BCUT2D eigenvalue weighted by Crippen LogP contribution is 2.21. The predicted octanol–water partition coefficient (Wildman–Crippen LogP) is 2.85. The van der Waals surface area contributed by atoms with E-state index in [4.69, 9.17) is 0 Å². The summed E-state index contributed by atoms with van der Waals surface area (Å²) in [6, 6.07) is 13.9.